The summed E-state index contributed by atoms with van der Waals surface area (Å²) in [6.07, 6.45) is 0. The van der Waals surface area contributed by atoms with Crippen LogP contribution in [0.1, 0.15) is 18.1 Å². The second-order valence-corrected chi connectivity index (χ2v) is 6.98. The Hall–Kier alpha value is -0.740. The normalized spacial score (nSPS) is 12.8. The van der Waals surface area contributed by atoms with Crippen LogP contribution in [-0.4, -0.2) is 9.55 Å². The van der Waals surface area contributed by atoms with Crippen LogP contribution < -0.4 is 0 Å². The van der Waals surface area contributed by atoms with Crippen molar-refractivity contribution in [2.24, 2.45) is 0 Å². The molecule has 0 aliphatic heterocycles. The first-order chi connectivity index (χ1) is 9.99. The van der Waals surface area contributed by atoms with Gasteiger partial charge in [-0.1, -0.05) is 45.2 Å². The number of nitrogens with zero attached hydrogens (tertiary/aromatic N) is 2. The lowest BCUT2D eigenvalue weighted by Gasteiger charge is -2.13. The molecule has 2 aromatic carbocycles. The molecule has 2 nitrogen and oxygen atoms in total. The lowest BCUT2D eigenvalue weighted by molar-refractivity contribution is 0.882. The third-order valence-corrected chi connectivity index (χ3v) is 4.67. The molecule has 0 saturated carbocycles. The molecule has 21 heavy (non-hydrogen) atoms. The molecule has 0 radical (unpaired) electrons. The highest BCUT2D eigenvalue weighted by Gasteiger charge is 2.19. The van der Waals surface area contributed by atoms with Crippen molar-refractivity contribution in [3.63, 3.8) is 0 Å². The topological polar surface area (TPSA) is 17.8 Å². The zero-order chi connectivity index (χ0) is 15.1. The molecule has 0 saturated heterocycles. The molecule has 3 rings (SSSR count). The zero-order valence-electron chi connectivity index (χ0n) is 10.9. The zero-order valence-corrected chi connectivity index (χ0v) is 14.8. The van der Waals surface area contributed by atoms with Gasteiger partial charge in [-0.15, -0.1) is 11.6 Å². The SMILES string of the molecule is CC(Cl)c1nc2ccc(Br)cc2n1-c1cccc(Cl)c1Cl. The van der Waals surface area contributed by atoms with Crippen molar-refractivity contribution >= 4 is 61.8 Å². The van der Waals surface area contributed by atoms with Crippen LogP contribution >= 0.6 is 50.7 Å². The number of benzene rings is 2. The number of halogens is 4. The summed E-state index contributed by atoms with van der Waals surface area (Å²) < 4.78 is 2.91. The second-order valence-electron chi connectivity index (χ2n) is 4.63. The van der Waals surface area contributed by atoms with Crippen molar-refractivity contribution in [2.75, 3.05) is 0 Å². The van der Waals surface area contributed by atoms with E-state index < -0.39 is 0 Å². The average Bonchev–Trinajstić information content (AvgIpc) is 2.80. The molecular formula is C15H10BrCl3N2. The Balaban J connectivity index is 2.41. The first-order valence-electron chi connectivity index (χ1n) is 6.25. The summed E-state index contributed by atoms with van der Waals surface area (Å²) in [5, 5.41) is 0.724. The van der Waals surface area contributed by atoms with Gasteiger partial charge >= 0.3 is 0 Å². The van der Waals surface area contributed by atoms with Crippen LogP contribution in [0.4, 0.5) is 0 Å². The number of aromatic nitrogens is 2. The largest absolute Gasteiger partial charge is 0.293 e. The van der Waals surface area contributed by atoms with Gasteiger partial charge in [0.15, 0.2) is 0 Å². The molecule has 0 spiro atoms. The van der Waals surface area contributed by atoms with Gasteiger partial charge < -0.3 is 0 Å². The first kappa shape index (κ1) is 15.2. The molecule has 1 aromatic heterocycles. The highest BCUT2D eigenvalue weighted by atomic mass is 79.9. The first-order valence-corrected chi connectivity index (χ1v) is 8.24. The third-order valence-electron chi connectivity index (χ3n) is 3.17. The van der Waals surface area contributed by atoms with Gasteiger partial charge in [0.25, 0.3) is 0 Å². The summed E-state index contributed by atoms with van der Waals surface area (Å²) in [5.41, 5.74) is 2.56. The summed E-state index contributed by atoms with van der Waals surface area (Å²) in [4.78, 5) is 4.61. The summed E-state index contributed by atoms with van der Waals surface area (Å²) in [6.45, 7) is 1.88. The molecule has 6 heteroatoms. The minimum atomic E-state index is -0.258. The number of alkyl halides is 1. The number of fused-ring (bicyclic) bond motifs is 1. The minimum absolute atomic E-state index is 0.258. The van der Waals surface area contributed by atoms with Crippen LogP contribution in [0.25, 0.3) is 16.7 Å². The van der Waals surface area contributed by atoms with Gasteiger partial charge in [0.05, 0.1) is 32.1 Å². The average molecular weight is 405 g/mol. The standard InChI is InChI=1S/C15H10BrCl3N2/c1-8(17)15-20-11-6-5-9(16)7-13(11)21(15)12-4-2-3-10(18)14(12)19/h2-8H,1H3. The van der Waals surface area contributed by atoms with E-state index in [1.165, 1.54) is 0 Å². The predicted octanol–water partition coefficient (Wildman–Crippen LogP) is 6.39. The molecule has 1 heterocycles. The maximum absolute atomic E-state index is 6.37. The van der Waals surface area contributed by atoms with Crippen LogP contribution in [0, 0.1) is 0 Å². The maximum Gasteiger partial charge on any atom is 0.132 e. The fourth-order valence-corrected chi connectivity index (χ4v) is 3.13. The molecule has 0 N–H and O–H groups in total. The maximum atomic E-state index is 6.37. The molecule has 1 unspecified atom stereocenters. The number of rotatable bonds is 2. The lowest BCUT2D eigenvalue weighted by atomic mass is 10.2. The molecule has 0 bridgehead atoms. The van der Waals surface area contributed by atoms with Gasteiger partial charge in [0, 0.05) is 4.47 Å². The van der Waals surface area contributed by atoms with Crippen molar-refractivity contribution in [1.82, 2.24) is 9.55 Å². The minimum Gasteiger partial charge on any atom is -0.293 e. The number of imidazole rings is 1. The van der Waals surface area contributed by atoms with E-state index in [-0.39, 0.29) is 5.38 Å². The van der Waals surface area contributed by atoms with Crippen molar-refractivity contribution in [2.45, 2.75) is 12.3 Å². The van der Waals surface area contributed by atoms with Crippen molar-refractivity contribution in [3.05, 3.63) is 56.7 Å². The van der Waals surface area contributed by atoms with Crippen molar-refractivity contribution in [3.8, 4) is 5.69 Å². The molecule has 1 atom stereocenters. The van der Waals surface area contributed by atoms with E-state index in [1.807, 2.05) is 41.8 Å². The summed E-state index contributed by atoms with van der Waals surface area (Å²) in [5.74, 6) is 0.730. The van der Waals surface area contributed by atoms with Crippen LogP contribution in [0.5, 0.6) is 0 Å². The fraction of sp³-hybridized carbons (Fsp3) is 0.133. The second kappa shape index (κ2) is 5.81. The Bertz CT molecular complexity index is 827. The van der Waals surface area contributed by atoms with Crippen LogP contribution in [0.3, 0.4) is 0 Å². The van der Waals surface area contributed by atoms with E-state index in [2.05, 4.69) is 20.9 Å². The summed E-state index contributed by atoms with van der Waals surface area (Å²) in [7, 11) is 0. The van der Waals surface area contributed by atoms with Crippen LogP contribution in [0.2, 0.25) is 10.0 Å². The van der Waals surface area contributed by atoms with E-state index in [1.54, 1.807) is 6.07 Å². The van der Waals surface area contributed by atoms with Crippen LogP contribution in [-0.2, 0) is 0 Å². The van der Waals surface area contributed by atoms with Crippen LogP contribution in [0.15, 0.2) is 40.9 Å². The van der Waals surface area contributed by atoms with Gasteiger partial charge in [0.2, 0.25) is 0 Å². The van der Waals surface area contributed by atoms with E-state index in [4.69, 9.17) is 34.8 Å². The smallest absolute Gasteiger partial charge is 0.132 e. The summed E-state index contributed by atoms with van der Waals surface area (Å²) in [6, 6.07) is 11.4. The fourth-order valence-electron chi connectivity index (χ4n) is 2.25. The Morgan fingerprint density at radius 3 is 2.67 bits per heavy atom. The lowest BCUT2D eigenvalue weighted by Crippen LogP contribution is -2.02. The predicted molar refractivity (Wildman–Crippen MR) is 93.1 cm³/mol. The molecule has 3 aromatic rings. The Labute approximate surface area is 145 Å². The number of hydrogen-bond donors (Lipinski definition) is 0. The third kappa shape index (κ3) is 2.68. The Morgan fingerprint density at radius 2 is 1.95 bits per heavy atom. The quantitative estimate of drug-likeness (QED) is 0.452. The Morgan fingerprint density at radius 1 is 1.19 bits per heavy atom. The molecular weight excluding hydrogens is 394 g/mol. The molecule has 0 fully saturated rings. The molecule has 0 amide bonds. The Kier molecular flexibility index (Phi) is 4.19. The molecule has 0 aliphatic rings. The number of hydrogen-bond acceptors (Lipinski definition) is 1. The van der Waals surface area contributed by atoms with E-state index in [9.17, 15) is 0 Å². The van der Waals surface area contributed by atoms with E-state index in [0.717, 1.165) is 27.0 Å². The highest BCUT2D eigenvalue weighted by Crippen LogP contribution is 2.35. The van der Waals surface area contributed by atoms with Gasteiger partial charge in [0.1, 0.15) is 5.82 Å². The monoisotopic (exact) mass is 402 g/mol. The van der Waals surface area contributed by atoms with Gasteiger partial charge in [-0.05, 0) is 37.3 Å². The molecule has 0 aliphatic carbocycles. The molecule has 108 valence electrons. The van der Waals surface area contributed by atoms with Gasteiger partial charge in [-0.3, -0.25) is 4.57 Å². The summed E-state index contributed by atoms with van der Waals surface area (Å²) >= 11 is 22.3. The van der Waals surface area contributed by atoms with Gasteiger partial charge in [-0.25, -0.2) is 4.98 Å². The van der Waals surface area contributed by atoms with Crippen molar-refractivity contribution in [1.29, 1.82) is 0 Å². The highest BCUT2D eigenvalue weighted by molar-refractivity contribution is 9.10. The van der Waals surface area contributed by atoms with Crippen molar-refractivity contribution < 1.29 is 0 Å². The van der Waals surface area contributed by atoms with Gasteiger partial charge in [-0.2, -0.15) is 0 Å². The van der Waals surface area contributed by atoms with E-state index in [0.29, 0.717) is 10.0 Å². The van der Waals surface area contributed by atoms with E-state index >= 15 is 0 Å².